The zero-order valence-electron chi connectivity index (χ0n) is 10.4. The van der Waals surface area contributed by atoms with Crippen molar-refractivity contribution in [3.8, 4) is 0 Å². The molecule has 10 nitrogen and oxygen atoms in total. The van der Waals surface area contributed by atoms with E-state index in [2.05, 4.69) is 0 Å². The van der Waals surface area contributed by atoms with Crippen molar-refractivity contribution >= 4 is 11.4 Å². The lowest BCUT2D eigenvalue weighted by atomic mass is 10.1. The molecular formula is C11H8N4O6. The molecule has 0 aliphatic carbocycles. The van der Waals surface area contributed by atoms with Crippen LogP contribution in [-0.2, 0) is 6.54 Å². The lowest BCUT2D eigenvalue weighted by Gasteiger charge is -2.05. The number of hydrogen-bond donors (Lipinski definition) is 1. The number of nitrogens with one attached hydrogen (secondary N) is 1. The molecule has 1 heterocycles. The van der Waals surface area contributed by atoms with Gasteiger partial charge in [-0.05, 0) is 6.07 Å². The van der Waals surface area contributed by atoms with Crippen molar-refractivity contribution in [2.75, 3.05) is 0 Å². The van der Waals surface area contributed by atoms with Crippen LogP contribution < -0.4 is 11.2 Å². The van der Waals surface area contributed by atoms with E-state index in [9.17, 15) is 29.8 Å². The van der Waals surface area contributed by atoms with Crippen LogP contribution in [0.2, 0.25) is 0 Å². The third-order valence-electron chi connectivity index (χ3n) is 2.71. The number of non-ortho nitro benzene ring substituents is 1. The molecule has 0 fully saturated rings. The molecule has 0 saturated heterocycles. The molecule has 1 N–H and O–H groups in total. The van der Waals surface area contributed by atoms with Gasteiger partial charge in [0, 0.05) is 18.3 Å². The Morgan fingerprint density at radius 1 is 1.10 bits per heavy atom. The van der Waals surface area contributed by atoms with Gasteiger partial charge in [0.15, 0.2) is 0 Å². The van der Waals surface area contributed by atoms with Crippen molar-refractivity contribution in [3.05, 3.63) is 77.1 Å². The Bertz CT molecular complexity index is 837. The Hall–Kier alpha value is -3.30. The van der Waals surface area contributed by atoms with Gasteiger partial charge in [0.25, 0.3) is 16.9 Å². The molecule has 0 aliphatic heterocycles. The number of hydrogen-bond acceptors (Lipinski definition) is 6. The summed E-state index contributed by atoms with van der Waals surface area (Å²) in [6.07, 6.45) is 1.19. The Morgan fingerprint density at radius 3 is 2.38 bits per heavy atom. The number of nitro benzene ring substituents is 2. The normalized spacial score (nSPS) is 10.3. The van der Waals surface area contributed by atoms with Crippen LogP contribution in [0.5, 0.6) is 0 Å². The van der Waals surface area contributed by atoms with Crippen molar-refractivity contribution in [2.45, 2.75) is 6.54 Å². The number of benzene rings is 1. The van der Waals surface area contributed by atoms with Gasteiger partial charge in [0.2, 0.25) is 0 Å². The first-order valence-corrected chi connectivity index (χ1v) is 5.60. The third-order valence-corrected chi connectivity index (χ3v) is 2.71. The quantitative estimate of drug-likeness (QED) is 0.638. The van der Waals surface area contributed by atoms with Crippen molar-refractivity contribution in [3.63, 3.8) is 0 Å². The Balaban J connectivity index is 2.48. The maximum atomic E-state index is 11.5. The zero-order chi connectivity index (χ0) is 15.6. The molecule has 0 unspecified atom stereocenters. The molecule has 2 aromatic rings. The predicted octanol–water partition coefficient (Wildman–Crippen LogP) is 0.401. The molecule has 0 amide bonds. The molecular weight excluding hydrogens is 284 g/mol. The van der Waals surface area contributed by atoms with Gasteiger partial charge >= 0.3 is 5.69 Å². The Labute approximate surface area is 115 Å². The minimum absolute atomic E-state index is 0.111. The highest BCUT2D eigenvalue weighted by atomic mass is 16.6. The van der Waals surface area contributed by atoms with E-state index in [-0.39, 0.29) is 12.1 Å². The lowest BCUT2D eigenvalue weighted by molar-refractivity contribution is -0.394. The van der Waals surface area contributed by atoms with Gasteiger partial charge in [0.1, 0.15) is 0 Å². The van der Waals surface area contributed by atoms with Crippen molar-refractivity contribution in [1.82, 2.24) is 9.55 Å². The molecule has 108 valence electrons. The van der Waals surface area contributed by atoms with Gasteiger partial charge in [-0.25, -0.2) is 4.79 Å². The summed E-state index contributed by atoms with van der Waals surface area (Å²) in [5.74, 6) is 0. The molecule has 1 aromatic carbocycles. The second kappa shape index (κ2) is 5.36. The molecule has 0 bridgehead atoms. The van der Waals surface area contributed by atoms with Crippen molar-refractivity contribution < 1.29 is 9.85 Å². The Morgan fingerprint density at radius 2 is 1.81 bits per heavy atom. The number of aromatic amines is 1. The molecule has 0 spiro atoms. The third kappa shape index (κ3) is 3.00. The largest absolute Gasteiger partial charge is 0.328 e. The van der Waals surface area contributed by atoms with E-state index in [4.69, 9.17) is 0 Å². The van der Waals surface area contributed by atoms with Crippen LogP contribution in [0.1, 0.15) is 5.56 Å². The van der Waals surface area contributed by atoms with Gasteiger partial charge in [0.05, 0.1) is 28.0 Å². The summed E-state index contributed by atoms with van der Waals surface area (Å²) in [6.45, 7) is -0.191. The van der Waals surface area contributed by atoms with Gasteiger partial charge in [-0.2, -0.15) is 0 Å². The maximum absolute atomic E-state index is 11.5. The van der Waals surface area contributed by atoms with Gasteiger partial charge in [-0.15, -0.1) is 0 Å². The fourth-order valence-electron chi connectivity index (χ4n) is 1.72. The number of rotatable bonds is 4. The van der Waals surface area contributed by atoms with Crippen molar-refractivity contribution in [2.24, 2.45) is 0 Å². The van der Waals surface area contributed by atoms with E-state index in [1.165, 1.54) is 12.3 Å². The zero-order valence-corrected chi connectivity index (χ0v) is 10.4. The lowest BCUT2D eigenvalue weighted by Crippen LogP contribution is -2.29. The smallest absolute Gasteiger partial charge is 0.296 e. The summed E-state index contributed by atoms with van der Waals surface area (Å²) in [6, 6.07) is 4.23. The molecule has 1 aromatic heterocycles. The molecule has 0 aliphatic rings. The number of H-pyrrole nitrogens is 1. The highest BCUT2D eigenvalue weighted by molar-refractivity contribution is 5.49. The SMILES string of the molecule is O=c1ccn(Cc2ccc([N+](=O)[O-])cc2[N+](=O)[O-])c(=O)[nH]1. The van der Waals surface area contributed by atoms with E-state index < -0.39 is 32.5 Å². The number of nitro groups is 2. The second-order valence-corrected chi connectivity index (χ2v) is 4.07. The summed E-state index contributed by atoms with van der Waals surface area (Å²) in [7, 11) is 0. The van der Waals surface area contributed by atoms with Crippen LogP contribution in [0, 0.1) is 20.2 Å². The van der Waals surface area contributed by atoms with Gasteiger partial charge in [-0.3, -0.25) is 34.6 Å². The fourth-order valence-corrected chi connectivity index (χ4v) is 1.72. The van der Waals surface area contributed by atoms with Gasteiger partial charge in [-0.1, -0.05) is 0 Å². The minimum atomic E-state index is -0.765. The summed E-state index contributed by atoms with van der Waals surface area (Å²) in [5.41, 5.74) is -2.09. The fraction of sp³-hybridized carbons (Fsp3) is 0.0909. The topological polar surface area (TPSA) is 141 Å². The van der Waals surface area contributed by atoms with Crippen LogP contribution in [0.4, 0.5) is 11.4 Å². The van der Waals surface area contributed by atoms with E-state index in [0.29, 0.717) is 0 Å². The average Bonchev–Trinajstić information content (AvgIpc) is 2.41. The van der Waals surface area contributed by atoms with Crippen LogP contribution in [-0.4, -0.2) is 19.4 Å². The van der Waals surface area contributed by atoms with Crippen LogP contribution in [0.15, 0.2) is 40.1 Å². The number of nitrogens with zero attached hydrogens (tertiary/aromatic N) is 3. The molecule has 0 radical (unpaired) electrons. The first kappa shape index (κ1) is 14.1. The summed E-state index contributed by atoms with van der Waals surface area (Å²) in [4.78, 5) is 44.6. The predicted molar refractivity (Wildman–Crippen MR) is 70.2 cm³/mol. The minimum Gasteiger partial charge on any atom is -0.296 e. The monoisotopic (exact) mass is 292 g/mol. The molecule has 0 saturated carbocycles. The first-order chi connectivity index (χ1) is 9.88. The maximum Gasteiger partial charge on any atom is 0.328 e. The molecule has 2 rings (SSSR count). The molecule has 10 heteroatoms. The van der Waals surface area contributed by atoms with Crippen LogP contribution in [0.25, 0.3) is 0 Å². The molecule has 21 heavy (non-hydrogen) atoms. The molecule has 0 atom stereocenters. The van der Waals surface area contributed by atoms with E-state index in [1.807, 2.05) is 4.98 Å². The highest BCUT2D eigenvalue weighted by Gasteiger charge is 2.19. The second-order valence-electron chi connectivity index (χ2n) is 4.07. The average molecular weight is 292 g/mol. The van der Waals surface area contributed by atoms with Gasteiger partial charge < -0.3 is 0 Å². The van der Waals surface area contributed by atoms with E-state index in [1.54, 1.807) is 0 Å². The van der Waals surface area contributed by atoms with Crippen LogP contribution in [0.3, 0.4) is 0 Å². The van der Waals surface area contributed by atoms with E-state index in [0.717, 1.165) is 22.8 Å². The van der Waals surface area contributed by atoms with Crippen molar-refractivity contribution in [1.29, 1.82) is 0 Å². The first-order valence-electron chi connectivity index (χ1n) is 5.60. The highest BCUT2D eigenvalue weighted by Crippen LogP contribution is 2.24. The summed E-state index contributed by atoms with van der Waals surface area (Å²) < 4.78 is 1.05. The standard InChI is InChI=1S/C11H8N4O6/c16-10-3-4-13(11(17)12-10)6-7-1-2-8(14(18)19)5-9(7)15(20)21/h1-5H,6H2,(H,12,16,17). The van der Waals surface area contributed by atoms with Crippen LogP contribution >= 0.6 is 0 Å². The summed E-state index contributed by atoms with van der Waals surface area (Å²) >= 11 is 0. The Kier molecular flexibility index (Phi) is 3.61. The summed E-state index contributed by atoms with van der Waals surface area (Å²) in [5, 5.41) is 21.6. The van der Waals surface area contributed by atoms with E-state index >= 15 is 0 Å². The number of aromatic nitrogens is 2.